The number of carbonyl (C=O) groups excluding carboxylic acids is 7. The Morgan fingerprint density at radius 2 is 1.61 bits per heavy atom. The van der Waals surface area contributed by atoms with E-state index in [1.165, 1.54) is 36.1 Å². The van der Waals surface area contributed by atoms with E-state index in [1.54, 1.807) is 42.5 Å². The van der Waals surface area contributed by atoms with Gasteiger partial charge in [-0.05, 0) is 55.4 Å². The number of amides is 6. The molecule has 17 heteroatoms. The van der Waals surface area contributed by atoms with Crippen molar-refractivity contribution >= 4 is 47.2 Å². The molecular weight excluding hydrogens is 698 g/mol. The standard InChI is InChI=1S/C37H47N9O8/c1-22(47)42-29-21-41-31(49)16-13-25(19-24-11-14-26(48)15-12-24)43-33(51)28(20-23-7-3-2-4-8-23)45-35(53)32(50)27(9-5-17-40-37(38)39)44-34(52)30-10-6-18-46(30)36(29)54/h2-4,7-8,11-16,25,27-30,48H,5-6,9-10,17-21H2,1H3,(H,41,49)(H,42,47)(H,43,51)(H,44,52)(H,45,53)(H4,38,39,40)/b16-13+/t25-,27+,28?,29+,30+/m1/s1. The lowest BCUT2D eigenvalue weighted by atomic mass is 10.0. The van der Waals surface area contributed by atoms with Gasteiger partial charge in [0.1, 0.15) is 23.9 Å². The third-order valence-corrected chi connectivity index (χ3v) is 8.90. The number of Topliss-reactive ketones (excluding diaryl/α,β-unsaturated/α-hetero) is 1. The summed E-state index contributed by atoms with van der Waals surface area (Å²) in [5, 5.41) is 22.9. The number of aromatic hydroxyl groups is 1. The van der Waals surface area contributed by atoms with Crippen LogP contribution in [0.25, 0.3) is 0 Å². The van der Waals surface area contributed by atoms with Crippen molar-refractivity contribution in [3.05, 3.63) is 77.9 Å². The van der Waals surface area contributed by atoms with E-state index in [-0.39, 0.29) is 63.4 Å². The van der Waals surface area contributed by atoms with E-state index < -0.39 is 71.4 Å². The fourth-order valence-corrected chi connectivity index (χ4v) is 6.24. The Morgan fingerprint density at radius 1 is 0.907 bits per heavy atom. The maximum absolute atomic E-state index is 14.0. The van der Waals surface area contributed by atoms with Gasteiger partial charge in [-0.25, -0.2) is 0 Å². The van der Waals surface area contributed by atoms with Crippen LogP contribution in [0.5, 0.6) is 5.75 Å². The maximum Gasteiger partial charge on any atom is 0.290 e. The Kier molecular flexibility index (Phi) is 14.7. The second-order valence-corrected chi connectivity index (χ2v) is 13.1. The smallest absolute Gasteiger partial charge is 0.290 e. The lowest BCUT2D eigenvalue weighted by Gasteiger charge is -2.29. The van der Waals surface area contributed by atoms with Crippen molar-refractivity contribution in [1.29, 1.82) is 0 Å². The summed E-state index contributed by atoms with van der Waals surface area (Å²) in [6.07, 6.45) is 3.57. The van der Waals surface area contributed by atoms with Crippen molar-refractivity contribution in [3.63, 3.8) is 0 Å². The third-order valence-electron chi connectivity index (χ3n) is 8.90. The zero-order chi connectivity index (χ0) is 39.2. The van der Waals surface area contributed by atoms with Crippen LogP contribution in [-0.4, -0.2) is 107 Å². The van der Waals surface area contributed by atoms with Crippen molar-refractivity contribution in [2.45, 2.75) is 75.7 Å². The average molecular weight is 746 g/mol. The van der Waals surface area contributed by atoms with E-state index in [0.29, 0.717) is 17.5 Å². The number of nitrogens with zero attached hydrogens (tertiary/aromatic N) is 2. The molecule has 1 fully saturated rings. The van der Waals surface area contributed by atoms with Crippen molar-refractivity contribution in [1.82, 2.24) is 31.5 Å². The van der Waals surface area contributed by atoms with Crippen LogP contribution in [0.3, 0.4) is 0 Å². The largest absolute Gasteiger partial charge is 0.508 e. The molecule has 288 valence electrons. The number of phenols is 1. The normalized spacial score (nSPS) is 23.6. The van der Waals surface area contributed by atoms with Crippen LogP contribution in [0.1, 0.15) is 43.7 Å². The van der Waals surface area contributed by atoms with Gasteiger partial charge in [-0.1, -0.05) is 48.5 Å². The first-order valence-electron chi connectivity index (χ1n) is 17.7. The molecule has 2 aromatic carbocycles. The van der Waals surface area contributed by atoms with Crippen molar-refractivity contribution in [2.24, 2.45) is 16.5 Å². The van der Waals surface area contributed by atoms with E-state index in [1.807, 2.05) is 0 Å². The first kappa shape index (κ1) is 40.5. The summed E-state index contributed by atoms with van der Waals surface area (Å²) >= 11 is 0. The third kappa shape index (κ3) is 12.2. The molecular formula is C37H47N9O8. The highest BCUT2D eigenvalue weighted by molar-refractivity contribution is 6.38. The van der Waals surface area contributed by atoms with E-state index in [2.05, 4.69) is 31.6 Å². The first-order chi connectivity index (χ1) is 25.8. The summed E-state index contributed by atoms with van der Waals surface area (Å²) < 4.78 is 0. The van der Waals surface area contributed by atoms with Crippen molar-refractivity contribution in [3.8, 4) is 5.75 Å². The molecule has 5 atom stereocenters. The molecule has 2 heterocycles. The van der Waals surface area contributed by atoms with Gasteiger partial charge in [0.25, 0.3) is 5.91 Å². The second-order valence-electron chi connectivity index (χ2n) is 13.1. The predicted octanol–water partition coefficient (Wildman–Crippen LogP) is -1.56. The number of nitrogens with two attached hydrogens (primary N) is 2. The number of benzene rings is 2. The Morgan fingerprint density at radius 3 is 2.30 bits per heavy atom. The molecule has 1 unspecified atom stereocenters. The number of carbonyl (C=O) groups is 7. The van der Waals surface area contributed by atoms with Gasteiger partial charge in [0.05, 0.1) is 12.1 Å². The van der Waals surface area contributed by atoms with Gasteiger partial charge in [-0.2, -0.15) is 0 Å². The molecule has 0 saturated carbocycles. The molecule has 10 N–H and O–H groups in total. The van der Waals surface area contributed by atoms with Gasteiger partial charge in [-0.3, -0.25) is 38.6 Å². The lowest BCUT2D eigenvalue weighted by molar-refractivity contribution is -0.144. The van der Waals surface area contributed by atoms with E-state index in [9.17, 15) is 38.7 Å². The quantitative estimate of drug-likeness (QED) is 0.0633. The van der Waals surface area contributed by atoms with Gasteiger partial charge in [0.2, 0.25) is 35.3 Å². The number of fused-ring (bicyclic) bond motifs is 1. The molecule has 17 nitrogen and oxygen atoms in total. The number of phenolic OH excluding ortho intramolecular Hbond substituents is 1. The summed E-state index contributed by atoms with van der Waals surface area (Å²) in [6.45, 7) is 1.16. The van der Waals surface area contributed by atoms with Gasteiger partial charge in [0.15, 0.2) is 5.96 Å². The Bertz CT molecular complexity index is 1750. The summed E-state index contributed by atoms with van der Waals surface area (Å²) in [6, 6.07) is 9.29. The Balaban J connectivity index is 1.72. The molecule has 1 saturated heterocycles. The minimum absolute atomic E-state index is 0.00692. The van der Waals surface area contributed by atoms with Crippen LogP contribution in [-0.2, 0) is 46.4 Å². The molecule has 6 amide bonds. The Hall–Kier alpha value is -6.26. The first-order valence-corrected chi connectivity index (χ1v) is 17.7. The van der Waals surface area contributed by atoms with Crippen LogP contribution >= 0.6 is 0 Å². The van der Waals surface area contributed by atoms with Crippen LogP contribution in [0.4, 0.5) is 0 Å². The number of rotatable bonds is 9. The summed E-state index contributed by atoms with van der Waals surface area (Å²) in [7, 11) is 0. The maximum atomic E-state index is 14.0. The summed E-state index contributed by atoms with van der Waals surface area (Å²) in [4.78, 5) is 99.3. The molecule has 0 aromatic heterocycles. The van der Waals surface area contributed by atoms with Gasteiger partial charge in [-0.15, -0.1) is 0 Å². The molecule has 54 heavy (non-hydrogen) atoms. The molecule has 0 bridgehead atoms. The number of hydrogen-bond donors (Lipinski definition) is 8. The highest BCUT2D eigenvalue weighted by atomic mass is 16.3. The SMILES string of the molecule is CC(=O)N[C@H]1CNC(=O)/C=C/[C@H](Cc2ccc(O)cc2)NC(=O)C(Cc2ccccc2)NC(=O)C(=O)[C@H](CCCN=C(N)N)NC(=O)[C@@H]2CCCN2C1=O. The molecule has 2 aliphatic rings. The minimum Gasteiger partial charge on any atom is -0.508 e. The highest BCUT2D eigenvalue weighted by Crippen LogP contribution is 2.20. The fourth-order valence-electron chi connectivity index (χ4n) is 6.24. The van der Waals surface area contributed by atoms with Gasteiger partial charge in [0, 0.05) is 39.1 Å². The van der Waals surface area contributed by atoms with Crippen LogP contribution < -0.4 is 38.1 Å². The predicted molar refractivity (Wildman–Crippen MR) is 197 cm³/mol. The Labute approximate surface area is 312 Å². The van der Waals surface area contributed by atoms with Crippen molar-refractivity contribution in [2.75, 3.05) is 19.6 Å². The molecule has 2 aromatic rings. The van der Waals surface area contributed by atoms with Crippen LogP contribution in [0.15, 0.2) is 71.7 Å². The lowest BCUT2D eigenvalue weighted by Crippen LogP contribution is -2.58. The van der Waals surface area contributed by atoms with Gasteiger partial charge >= 0.3 is 0 Å². The monoisotopic (exact) mass is 745 g/mol. The number of guanidine groups is 1. The molecule has 0 aliphatic carbocycles. The molecule has 4 rings (SSSR count). The van der Waals surface area contributed by atoms with Gasteiger partial charge < -0.3 is 48.1 Å². The molecule has 0 radical (unpaired) electrons. The van der Waals surface area contributed by atoms with E-state index in [0.717, 1.165) is 0 Å². The van der Waals surface area contributed by atoms with E-state index in [4.69, 9.17) is 11.5 Å². The second kappa shape index (κ2) is 19.5. The van der Waals surface area contributed by atoms with Crippen LogP contribution in [0.2, 0.25) is 0 Å². The summed E-state index contributed by atoms with van der Waals surface area (Å²) in [5.74, 6) is -5.49. The van der Waals surface area contributed by atoms with E-state index >= 15 is 0 Å². The molecule has 0 spiro atoms. The van der Waals surface area contributed by atoms with Crippen LogP contribution in [0, 0.1) is 0 Å². The topological polar surface area (TPSA) is 268 Å². The fraction of sp³-hybridized carbons (Fsp3) is 0.405. The average Bonchev–Trinajstić information content (AvgIpc) is 3.64. The van der Waals surface area contributed by atoms with Crippen molar-refractivity contribution < 1.29 is 38.7 Å². The number of hydrogen-bond acceptors (Lipinski definition) is 9. The summed E-state index contributed by atoms with van der Waals surface area (Å²) in [5.41, 5.74) is 12.2. The highest BCUT2D eigenvalue weighted by Gasteiger charge is 2.40. The minimum atomic E-state index is -1.37. The number of nitrogens with one attached hydrogen (secondary N) is 5. The zero-order valence-corrected chi connectivity index (χ0v) is 30.0. The zero-order valence-electron chi connectivity index (χ0n) is 30.0. The molecule has 2 aliphatic heterocycles. The number of ketones is 1. The number of aliphatic imine (C=N–C) groups is 1.